The minimum absolute atomic E-state index is 0.0458. The number of benzene rings is 1. The van der Waals surface area contributed by atoms with Crippen molar-refractivity contribution in [2.45, 2.75) is 45.4 Å². The molecule has 0 heterocycles. The minimum Gasteiger partial charge on any atom is -0.478 e. The van der Waals surface area contributed by atoms with Crippen LogP contribution in [0.4, 0.5) is 0 Å². The average Bonchev–Trinajstić information content (AvgIpc) is 2.58. The topological polar surface area (TPSA) is 89.9 Å². The van der Waals surface area contributed by atoms with Gasteiger partial charge in [-0.15, -0.1) is 0 Å². The number of carboxylic acid groups (broad SMARTS) is 1. The molecular weight excluding hydrogens is 312 g/mol. The zero-order valence-corrected chi connectivity index (χ0v) is 14.0. The van der Waals surface area contributed by atoms with E-state index in [0.717, 1.165) is 19.3 Å². The predicted molar refractivity (Wildman–Crippen MR) is 88.0 cm³/mol. The summed E-state index contributed by atoms with van der Waals surface area (Å²) in [5, 5.41) is 9.03. The SMILES string of the molecule is CCCCOC(=O)CCCCCOC(=O)c1ccccc1C(=O)O. The first-order chi connectivity index (χ1) is 11.6. The molecule has 6 nitrogen and oxygen atoms in total. The van der Waals surface area contributed by atoms with Gasteiger partial charge in [0.2, 0.25) is 0 Å². The molecule has 1 N–H and O–H groups in total. The summed E-state index contributed by atoms with van der Waals surface area (Å²) < 4.78 is 10.1. The highest BCUT2D eigenvalue weighted by atomic mass is 16.5. The van der Waals surface area contributed by atoms with Crippen LogP contribution >= 0.6 is 0 Å². The summed E-state index contributed by atoms with van der Waals surface area (Å²) in [5.41, 5.74) is -0.0261. The molecule has 0 bridgehead atoms. The molecule has 0 radical (unpaired) electrons. The van der Waals surface area contributed by atoms with Gasteiger partial charge in [0.1, 0.15) is 0 Å². The molecule has 1 aromatic rings. The van der Waals surface area contributed by atoms with E-state index in [-0.39, 0.29) is 23.7 Å². The smallest absolute Gasteiger partial charge is 0.339 e. The van der Waals surface area contributed by atoms with E-state index in [1.807, 2.05) is 6.92 Å². The van der Waals surface area contributed by atoms with Gasteiger partial charge in [-0.05, 0) is 37.8 Å². The van der Waals surface area contributed by atoms with Crippen LogP contribution in [-0.2, 0) is 14.3 Å². The second kappa shape index (κ2) is 11.2. The van der Waals surface area contributed by atoms with Gasteiger partial charge in [0.05, 0.1) is 24.3 Å². The zero-order chi connectivity index (χ0) is 17.8. The van der Waals surface area contributed by atoms with Crippen LogP contribution in [0.15, 0.2) is 24.3 Å². The highest BCUT2D eigenvalue weighted by molar-refractivity contribution is 6.02. The lowest BCUT2D eigenvalue weighted by Crippen LogP contribution is -2.12. The number of esters is 2. The molecule has 0 aromatic heterocycles. The van der Waals surface area contributed by atoms with Crippen molar-refractivity contribution < 1.29 is 29.0 Å². The number of aromatic carboxylic acids is 1. The maximum absolute atomic E-state index is 11.9. The van der Waals surface area contributed by atoms with Crippen LogP contribution in [0.2, 0.25) is 0 Å². The van der Waals surface area contributed by atoms with Gasteiger partial charge in [-0.1, -0.05) is 25.5 Å². The first kappa shape index (κ1) is 19.7. The van der Waals surface area contributed by atoms with E-state index >= 15 is 0 Å². The first-order valence-electron chi connectivity index (χ1n) is 8.21. The lowest BCUT2D eigenvalue weighted by atomic mass is 10.1. The molecule has 0 fully saturated rings. The number of carboxylic acids is 1. The summed E-state index contributed by atoms with van der Waals surface area (Å²) in [6.45, 7) is 2.69. The highest BCUT2D eigenvalue weighted by Crippen LogP contribution is 2.11. The van der Waals surface area contributed by atoms with Gasteiger partial charge >= 0.3 is 17.9 Å². The summed E-state index contributed by atoms with van der Waals surface area (Å²) in [6.07, 6.45) is 4.25. The second-order valence-corrected chi connectivity index (χ2v) is 5.37. The normalized spacial score (nSPS) is 10.2. The lowest BCUT2D eigenvalue weighted by Gasteiger charge is -2.07. The minimum atomic E-state index is -1.16. The number of hydrogen-bond acceptors (Lipinski definition) is 5. The van der Waals surface area contributed by atoms with Crippen molar-refractivity contribution >= 4 is 17.9 Å². The van der Waals surface area contributed by atoms with Crippen molar-refractivity contribution in [2.75, 3.05) is 13.2 Å². The molecule has 1 rings (SSSR count). The van der Waals surface area contributed by atoms with Gasteiger partial charge in [-0.3, -0.25) is 4.79 Å². The van der Waals surface area contributed by atoms with Crippen molar-refractivity contribution in [3.8, 4) is 0 Å². The molecule has 0 spiro atoms. The van der Waals surface area contributed by atoms with Gasteiger partial charge in [0.15, 0.2) is 0 Å². The van der Waals surface area contributed by atoms with E-state index in [1.54, 1.807) is 12.1 Å². The Labute approximate surface area is 141 Å². The molecule has 0 amide bonds. The molecule has 24 heavy (non-hydrogen) atoms. The third-order valence-corrected chi connectivity index (χ3v) is 3.40. The predicted octanol–water partition coefficient (Wildman–Crippen LogP) is 3.45. The maximum atomic E-state index is 11.9. The van der Waals surface area contributed by atoms with Gasteiger partial charge in [-0.2, -0.15) is 0 Å². The fraction of sp³-hybridized carbons (Fsp3) is 0.500. The third-order valence-electron chi connectivity index (χ3n) is 3.40. The number of carbonyl (C=O) groups excluding carboxylic acids is 2. The highest BCUT2D eigenvalue weighted by Gasteiger charge is 2.16. The number of rotatable bonds is 11. The molecule has 0 aliphatic heterocycles. The Bertz CT molecular complexity index is 552. The first-order valence-corrected chi connectivity index (χ1v) is 8.21. The molecule has 6 heteroatoms. The average molecular weight is 336 g/mol. The molecule has 0 aliphatic rings. The fourth-order valence-corrected chi connectivity index (χ4v) is 2.04. The molecular formula is C18H24O6. The van der Waals surface area contributed by atoms with Crippen molar-refractivity contribution in [3.05, 3.63) is 35.4 Å². The zero-order valence-electron chi connectivity index (χ0n) is 14.0. The van der Waals surface area contributed by atoms with Crippen LogP contribution in [0.5, 0.6) is 0 Å². The largest absolute Gasteiger partial charge is 0.478 e. The van der Waals surface area contributed by atoms with Crippen LogP contribution < -0.4 is 0 Å². The van der Waals surface area contributed by atoms with Crippen molar-refractivity contribution in [3.63, 3.8) is 0 Å². The van der Waals surface area contributed by atoms with Crippen LogP contribution in [0.3, 0.4) is 0 Å². The maximum Gasteiger partial charge on any atom is 0.339 e. The van der Waals surface area contributed by atoms with E-state index in [4.69, 9.17) is 14.6 Å². The summed E-state index contributed by atoms with van der Waals surface area (Å²) >= 11 is 0. The molecule has 0 atom stereocenters. The molecule has 1 aromatic carbocycles. The van der Waals surface area contributed by atoms with E-state index in [1.165, 1.54) is 12.1 Å². The molecule has 0 aliphatic carbocycles. The van der Waals surface area contributed by atoms with Crippen LogP contribution in [0.1, 0.15) is 66.2 Å². The Morgan fingerprint density at radius 3 is 2.25 bits per heavy atom. The van der Waals surface area contributed by atoms with Crippen molar-refractivity contribution in [1.82, 2.24) is 0 Å². The van der Waals surface area contributed by atoms with Crippen molar-refractivity contribution in [1.29, 1.82) is 0 Å². The Hall–Kier alpha value is -2.37. The lowest BCUT2D eigenvalue weighted by molar-refractivity contribution is -0.143. The molecule has 132 valence electrons. The standard InChI is InChI=1S/C18H24O6/c1-2-3-12-23-16(19)11-5-4-8-13-24-18(22)15-10-7-6-9-14(15)17(20)21/h6-7,9-10H,2-5,8,11-13H2,1H3,(H,20,21). The monoisotopic (exact) mass is 336 g/mol. The van der Waals surface area contributed by atoms with Crippen molar-refractivity contribution in [2.24, 2.45) is 0 Å². The summed E-state index contributed by atoms with van der Waals surface area (Å²) in [4.78, 5) is 34.3. The third kappa shape index (κ3) is 7.26. The van der Waals surface area contributed by atoms with E-state index in [0.29, 0.717) is 25.9 Å². The van der Waals surface area contributed by atoms with Crippen LogP contribution in [-0.4, -0.2) is 36.2 Å². The van der Waals surface area contributed by atoms with Gasteiger partial charge in [0, 0.05) is 6.42 Å². The quantitative estimate of drug-likeness (QED) is 0.492. The Morgan fingerprint density at radius 1 is 0.917 bits per heavy atom. The van der Waals surface area contributed by atoms with Gasteiger partial charge in [-0.25, -0.2) is 9.59 Å². The molecule has 0 saturated carbocycles. The van der Waals surface area contributed by atoms with E-state index < -0.39 is 11.9 Å². The number of unbranched alkanes of at least 4 members (excludes halogenated alkanes) is 3. The Balaban J connectivity index is 2.21. The van der Waals surface area contributed by atoms with Crippen LogP contribution in [0.25, 0.3) is 0 Å². The number of hydrogen-bond donors (Lipinski definition) is 1. The number of ether oxygens (including phenoxy) is 2. The van der Waals surface area contributed by atoms with Gasteiger partial charge < -0.3 is 14.6 Å². The Kier molecular flexibility index (Phi) is 9.19. The molecule has 0 unspecified atom stereocenters. The number of carbonyl (C=O) groups is 3. The van der Waals surface area contributed by atoms with E-state index in [9.17, 15) is 14.4 Å². The summed E-state index contributed by atoms with van der Waals surface area (Å²) in [7, 11) is 0. The summed E-state index contributed by atoms with van der Waals surface area (Å²) in [6, 6.07) is 5.94. The molecule has 0 saturated heterocycles. The summed E-state index contributed by atoms with van der Waals surface area (Å²) in [5.74, 6) is -2.01. The fourth-order valence-electron chi connectivity index (χ4n) is 2.04. The van der Waals surface area contributed by atoms with Crippen LogP contribution in [0, 0.1) is 0 Å². The van der Waals surface area contributed by atoms with Gasteiger partial charge in [0.25, 0.3) is 0 Å². The Morgan fingerprint density at radius 2 is 1.58 bits per heavy atom. The second-order valence-electron chi connectivity index (χ2n) is 5.37. The van der Waals surface area contributed by atoms with E-state index in [2.05, 4.69) is 0 Å².